The first-order chi connectivity index (χ1) is 10.9. The third-order valence-corrected chi connectivity index (χ3v) is 3.97. The molecular weight excluding hydrogens is 272 g/mol. The number of nitrogens with one attached hydrogen (secondary N) is 1. The number of ether oxygens (including phenoxy) is 1. The largest absolute Gasteiger partial charge is 0.377 e. The Labute approximate surface area is 132 Å². The summed E-state index contributed by atoms with van der Waals surface area (Å²) in [6, 6.07) is 16.7. The zero-order valence-electron chi connectivity index (χ0n) is 12.7. The molecule has 0 amide bonds. The van der Waals surface area contributed by atoms with Crippen LogP contribution >= 0.6 is 0 Å². The number of hydrogen-bond acceptors (Lipinski definition) is 3. The van der Waals surface area contributed by atoms with Gasteiger partial charge in [0.2, 0.25) is 0 Å². The molecule has 1 aliphatic rings. The summed E-state index contributed by atoms with van der Waals surface area (Å²) in [5, 5.41) is 3.66. The Hall–Kier alpha value is -1.97. The fraction of sp³-hybridized carbons (Fsp3) is 0.316. The van der Waals surface area contributed by atoms with Crippen LogP contribution in [0.4, 0.5) is 0 Å². The highest BCUT2D eigenvalue weighted by Crippen LogP contribution is 2.20. The maximum absolute atomic E-state index is 5.36. The molecule has 0 aliphatic carbocycles. The molecule has 0 spiro atoms. The Bertz CT molecular complexity index is 556. The SMILES string of the molecule is C1=C(CCN[C@@H](c2ccccc2)c2ccccn2)CCOC1. The van der Waals surface area contributed by atoms with Gasteiger partial charge in [-0.2, -0.15) is 0 Å². The zero-order valence-corrected chi connectivity index (χ0v) is 12.7. The minimum absolute atomic E-state index is 0.142. The van der Waals surface area contributed by atoms with E-state index < -0.39 is 0 Å². The highest BCUT2D eigenvalue weighted by Gasteiger charge is 2.14. The average molecular weight is 294 g/mol. The fourth-order valence-corrected chi connectivity index (χ4v) is 2.75. The minimum Gasteiger partial charge on any atom is -0.377 e. The summed E-state index contributed by atoms with van der Waals surface area (Å²) in [5.74, 6) is 0. The summed E-state index contributed by atoms with van der Waals surface area (Å²) in [5.41, 5.74) is 3.81. The Kier molecular flexibility index (Phi) is 5.35. The van der Waals surface area contributed by atoms with Crippen molar-refractivity contribution in [2.75, 3.05) is 19.8 Å². The number of rotatable bonds is 6. The van der Waals surface area contributed by atoms with Crippen LogP contribution in [-0.4, -0.2) is 24.7 Å². The van der Waals surface area contributed by atoms with Gasteiger partial charge in [-0.25, -0.2) is 0 Å². The van der Waals surface area contributed by atoms with Crippen LogP contribution in [0.1, 0.15) is 30.1 Å². The minimum atomic E-state index is 0.142. The van der Waals surface area contributed by atoms with Gasteiger partial charge in [-0.15, -0.1) is 0 Å². The van der Waals surface area contributed by atoms with Crippen molar-refractivity contribution in [3.8, 4) is 0 Å². The number of aromatic nitrogens is 1. The van der Waals surface area contributed by atoms with Gasteiger partial charge in [-0.05, 0) is 37.1 Å². The van der Waals surface area contributed by atoms with Crippen molar-refractivity contribution in [2.45, 2.75) is 18.9 Å². The summed E-state index contributed by atoms with van der Waals surface area (Å²) >= 11 is 0. The lowest BCUT2D eigenvalue weighted by atomic mass is 10.0. The van der Waals surface area contributed by atoms with E-state index >= 15 is 0 Å². The van der Waals surface area contributed by atoms with Gasteiger partial charge in [0, 0.05) is 6.20 Å². The first-order valence-corrected chi connectivity index (χ1v) is 7.88. The van der Waals surface area contributed by atoms with Crippen LogP contribution in [0.25, 0.3) is 0 Å². The van der Waals surface area contributed by atoms with Crippen molar-refractivity contribution in [3.05, 3.63) is 77.6 Å². The first kappa shape index (κ1) is 14.9. The molecule has 0 saturated carbocycles. The summed E-state index contributed by atoms with van der Waals surface area (Å²) in [6.45, 7) is 2.56. The van der Waals surface area contributed by atoms with Crippen LogP contribution < -0.4 is 5.32 Å². The molecule has 0 fully saturated rings. The van der Waals surface area contributed by atoms with Crippen molar-refractivity contribution in [1.82, 2.24) is 10.3 Å². The Morgan fingerprint density at radius 3 is 2.68 bits per heavy atom. The van der Waals surface area contributed by atoms with Gasteiger partial charge >= 0.3 is 0 Å². The van der Waals surface area contributed by atoms with Gasteiger partial charge in [0.25, 0.3) is 0 Å². The van der Waals surface area contributed by atoms with Crippen LogP contribution in [0.3, 0.4) is 0 Å². The van der Waals surface area contributed by atoms with Crippen LogP contribution in [0.2, 0.25) is 0 Å². The van der Waals surface area contributed by atoms with Crippen molar-refractivity contribution < 1.29 is 4.74 Å². The molecule has 0 radical (unpaired) electrons. The maximum atomic E-state index is 5.36. The van der Waals surface area contributed by atoms with Crippen molar-refractivity contribution in [2.24, 2.45) is 0 Å². The van der Waals surface area contributed by atoms with Gasteiger partial charge in [-0.3, -0.25) is 4.98 Å². The Morgan fingerprint density at radius 2 is 1.95 bits per heavy atom. The summed E-state index contributed by atoms with van der Waals surface area (Å²) in [7, 11) is 0. The third-order valence-electron chi connectivity index (χ3n) is 3.97. The Morgan fingerprint density at radius 1 is 1.09 bits per heavy atom. The molecule has 2 aromatic rings. The lowest BCUT2D eigenvalue weighted by molar-refractivity contribution is 0.153. The average Bonchev–Trinajstić information content (AvgIpc) is 2.61. The number of pyridine rings is 1. The molecular formula is C19H22N2O. The number of hydrogen-bond donors (Lipinski definition) is 1. The normalized spacial score (nSPS) is 16.1. The lowest BCUT2D eigenvalue weighted by Gasteiger charge is -2.20. The molecule has 1 N–H and O–H groups in total. The molecule has 0 unspecified atom stereocenters. The standard InChI is InChI=1S/C19H22N2O/c1-2-6-17(7-3-1)19(18-8-4-5-12-20-18)21-13-9-16-10-14-22-15-11-16/h1-8,10,12,19,21H,9,11,13-15H2/t19-/m0/s1. The second-order valence-corrected chi connectivity index (χ2v) is 5.49. The van der Waals surface area contributed by atoms with Crippen molar-refractivity contribution in [3.63, 3.8) is 0 Å². The number of benzene rings is 1. The molecule has 1 aromatic carbocycles. The van der Waals surface area contributed by atoms with E-state index in [1.54, 1.807) is 0 Å². The van der Waals surface area contributed by atoms with Gasteiger partial charge < -0.3 is 10.1 Å². The van der Waals surface area contributed by atoms with Crippen molar-refractivity contribution in [1.29, 1.82) is 0 Å². The third kappa shape index (κ3) is 4.03. The molecule has 3 heteroatoms. The topological polar surface area (TPSA) is 34.2 Å². The predicted molar refractivity (Wildman–Crippen MR) is 88.7 cm³/mol. The summed E-state index contributed by atoms with van der Waals surface area (Å²) in [6.07, 6.45) is 6.19. The van der Waals surface area contributed by atoms with Crippen LogP contribution in [0.15, 0.2) is 66.4 Å². The molecule has 3 nitrogen and oxygen atoms in total. The second-order valence-electron chi connectivity index (χ2n) is 5.49. The first-order valence-electron chi connectivity index (χ1n) is 7.88. The van der Waals surface area contributed by atoms with E-state index in [0.29, 0.717) is 0 Å². The molecule has 1 atom stereocenters. The van der Waals surface area contributed by atoms with Gasteiger partial charge in [-0.1, -0.05) is 48.0 Å². The lowest BCUT2D eigenvalue weighted by Crippen LogP contribution is -2.25. The van der Waals surface area contributed by atoms with E-state index in [2.05, 4.69) is 46.7 Å². The monoisotopic (exact) mass is 294 g/mol. The molecule has 0 saturated heterocycles. The second kappa shape index (κ2) is 7.87. The molecule has 0 bridgehead atoms. The molecule has 22 heavy (non-hydrogen) atoms. The van der Waals surface area contributed by atoms with E-state index in [-0.39, 0.29) is 6.04 Å². The highest BCUT2D eigenvalue weighted by atomic mass is 16.5. The fourth-order valence-electron chi connectivity index (χ4n) is 2.75. The Balaban J connectivity index is 1.68. The maximum Gasteiger partial charge on any atom is 0.0751 e. The van der Waals surface area contributed by atoms with E-state index in [1.807, 2.05) is 24.4 Å². The quantitative estimate of drug-likeness (QED) is 0.828. The zero-order chi connectivity index (χ0) is 15.0. The predicted octanol–water partition coefficient (Wildman–Crippen LogP) is 3.50. The summed E-state index contributed by atoms with van der Waals surface area (Å²) < 4.78 is 5.36. The van der Waals surface area contributed by atoms with Crippen LogP contribution in [-0.2, 0) is 4.74 Å². The van der Waals surface area contributed by atoms with E-state index in [0.717, 1.165) is 38.3 Å². The van der Waals surface area contributed by atoms with Crippen molar-refractivity contribution >= 4 is 0 Å². The van der Waals surface area contributed by atoms with E-state index in [1.165, 1.54) is 11.1 Å². The molecule has 3 rings (SSSR count). The highest BCUT2D eigenvalue weighted by molar-refractivity contribution is 5.27. The van der Waals surface area contributed by atoms with Gasteiger partial charge in [0.1, 0.15) is 0 Å². The van der Waals surface area contributed by atoms with E-state index in [4.69, 9.17) is 4.74 Å². The van der Waals surface area contributed by atoms with Crippen LogP contribution in [0, 0.1) is 0 Å². The van der Waals surface area contributed by atoms with Gasteiger partial charge in [0.05, 0.1) is 24.9 Å². The molecule has 114 valence electrons. The number of nitrogens with zero attached hydrogens (tertiary/aromatic N) is 1. The van der Waals surface area contributed by atoms with Gasteiger partial charge in [0.15, 0.2) is 0 Å². The smallest absolute Gasteiger partial charge is 0.0751 e. The molecule has 1 aromatic heterocycles. The molecule has 2 heterocycles. The van der Waals surface area contributed by atoms with Crippen LogP contribution in [0.5, 0.6) is 0 Å². The van der Waals surface area contributed by atoms with E-state index in [9.17, 15) is 0 Å². The molecule has 1 aliphatic heterocycles. The summed E-state index contributed by atoms with van der Waals surface area (Å²) in [4.78, 5) is 4.52.